The number of nitrogens with one attached hydrogen (secondary N) is 1. The fourth-order valence-electron chi connectivity index (χ4n) is 5.49. The highest BCUT2D eigenvalue weighted by atomic mass is 16.5. The molecule has 3 aromatic carbocycles. The molecule has 5 rings (SSSR count). The van der Waals surface area contributed by atoms with Gasteiger partial charge in [0.2, 0.25) is 0 Å². The molecule has 6 nitrogen and oxygen atoms in total. The Morgan fingerprint density at radius 2 is 1.61 bits per heavy atom. The molecule has 1 saturated heterocycles. The van der Waals surface area contributed by atoms with Crippen molar-refractivity contribution in [1.82, 2.24) is 14.8 Å². The van der Waals surface area contributed by atoms with Crippen molar-refractivity contribution >= 4 is 22.8 Å². The Hall–Kier alpha value is -3.90. The zero-order valence-corrected chi connectivity index (χ0v) is 22.2. The molecule has 196 valence electrons. The summed E-state index contributed by atoms with van der Waals surface area (Å²) in [5, 5.41) is 0.782. The van der Waals surface area contributed by atoms with Crippen molar-refractivity contribution in [2.75, 3.05) is 19.6 Å². The van der Waals surface area contributed by atoms with E-state index in [0.717, 1.165) is 61.1 Å². The fraction of sp³-hybridized carbons (Fsp3) is 0.312. The lowest BCUT2D eigenvalue weighted by molar-refractivity contribution is -0.131. The minimum absolute atomic E-state index is 0.0142. The van der Waals surface area contributed by atoms with Crippen LogP contribution in [0.25, 0.3) is 10.9 Å². The second kappa shape index (κ2) is 11.7. The molecular weight excluding hydrogens is 474 g/mol. The number of carbonyl (C=O) groups is 2. The SMILES string of the molecule is CC(=O)Oc1ccc2[nH]c(C)c(C(=O)N(Cc3ccccc3)C3CCN(CCc4ccccc4)CC3)c2c1. The minimum Gasteiger partial charge on any atom is -0.427 e. The van der Waals surface area contributed by atoms with E-state index < -0.39 is 0 Å². The second-order valence-electron chi connectivity index (χ2n) is 10.2. The maximum absolute atomic E-state index is 14.3. The molecule has 0 atom stereocenters. The Morgan fingerprint density at radius 3 is 2.26 bits per heavy atom. The molecule has 6 heteroatoms. The van der Waals surface area contributed by atoms with E-state index in [0.29, 0.717) is 17.9 Å². The van der Waals surface area contributed by atoms with E-state index in [4.69, 9.17) is 4.74 Å². The summed E-state index contributed by atoms with van der Waals surface area (Å²) >= 11 is 0. The van der Waals surface area contributed by atoms with Crippen molar-refractivity contribution in [3.8, 4) is 5.75 Å². The van der Waals surface area contributed by atoms with Crippen molar-refractivity contribution in [2.24, 2.45) is 0 Å². The number of hydrogen-bond acceptors (Lipinski definition) is 4. The molecule has 2 heterocycles. The van der Waals surface area contributed by atoms with Crippen LogP contribution in [0.5, 0.6) is 5.75 Å². The van der Waals surface area contributed by atoms with Gasteiger partial charge in [-0.1, -0.05) is 60.7 Å². The first kappa shape index (κ1) is 25.7. The number of nitrogens with zero attached hydrogens (tertiary/aromatic N) is 2. The van der Waals surface area contributed by atoms with Crippen LogP contribution < -0.4 is 4.74 Å². The molecule has 1 aromatic heterocycles. The first-order valence-electron chi connectivity index (χ1n) is 13.4. The molecule has 4 aromatic rings. The van der Waals surface area contributed by atoms with E-state index in [9.17, 15) is 9.59 Å². The number of piperidine rings is 1. The summed E-state index contributed by atoms with van der Waals surface area (Å²) in [5.74, 6) is 0.0777. The zero-order valence-electron chi connectivity index (χ0n) is 22.2. The lowest BCUT2D eigenvalue weighted by Gasteiger charge is -2.39. The molecule has 0 bridgehead atoms. The number of hydrogen-bond donors (Lipinski definition) is 1. The van der Waals surface area contributed by atoms with Gasteiger partial charge in [0.1, 0.15) is 5.75 Å². The highest BCUT2D eigenvalue weighted by Gasteiger charge is 2.31. The van der Waals surface area contributed by atoms with E-state index >= 15 is 0 Å². The number of aryl methyl sites for hydroxylation is 1. The molecule has 1 aliphatic heterocycles. The van der Waals surface area contributed by atoms with Gasteiger partial charge >= 0.3 is 5.97 Å². The number of amides is 1. The van der Waals surface area contributed by atoms with Crippen LogP contribution in [0.3, 0.4) is 0 Å². The summed E-state index contributed by atoms with van der Waals surface area (Å²) in [5.41, 5.74) is 4.81. The van der Waals surface area contributed by atoms with Crippen LogP contribution in [0.1, 0.15) is 46.9 Å². The predicted molar refractivity (Wildman–Crippen MR) is 150 cm³/mol. The van der Waals surface area contributed by atoms with E-state index in [1.807, 2.05) is 31.2 Å². The van der Waals surface area contributed by atoms with Crippen LogP contribution >= 0.6 is 0 Å². The van der Waals surface area contributed by atoms with Gasteiger partial charge in [-0.15, -0.1) is 0 Å². The summed E-state index contributed by atoms with van der Waals surface area (Å²) in [6.07, 6.45) is 2.91. The molecule has 0 saturated carbocycles. The van der Waals surface area contributed by atoms with Gasteiger partial charge in [-0.05, 0) is 55.5 Å². The van der Waals surface area contributed by atoms with Gasteiger partial charge in [0.15, 0.2) is 0 Å². The van der Waals surface area contributed by atoms with Gasteiger partial charge < -0.3 is 19.5 Å². The monoisotopic (exact) mass is 509 g/mol. The van der Waals surface area contributed by atoms with Crippen LogP contribution in [0.2, 0.25) is 0 Å². The number of benzene rings is 3. The van der Waals surface area contributed by atoms with Gasteiger partial charge in [-0.3, -0.25) is 9.59 Å². The Labute approximate surface area is 224 Å². The summed E-state index contributed by atoms with van der Waals surface area (Å²) in [4.78, 5) is 33.7. The molecule has 0 radical (unpaired) electrons. The number of rotatable bonds is 8. The molecule has 1 aliphatic rings. The van der Waals surface area contributed by atoms with Gasteiger partial charge in [-0.25, -0.2) is 0 Å². The number of aromatic amines is 1. The molecule has 1 N–H and O–H groups in total. The molecule has 0 aliphatic carbocycles. The third-order valence-electron chi connectivity index (χ3n) is 7.45. The van der Waals surface area contributed by atoms with Gasteiger partial charge in [0.25, 0.3) is 5.91 Å². The molecule has 0 spiro atoms. The Kier molecular flexibility index (Phi) is 7.89. The highest BCUT2D eigenvalue weighted by molar-refractivity contribution is 6.08. The third-order valence-corrected chi connectivity index (χ3v) is 7.45. The molecular formula is C32H35N3O3. The smallest absolute Gasteiger partial charge is 0.308 e. The standard InChI is InChI=1S/C32H35N3O3/c1-23-31(29-21-28(38-24(2)36)13-14-30(29)33-23)32(37)35(22-26-11-7-4-8-12-26)27-16-19-34(20-17-27)18-15-25-9-5-3-6-10-25/h3-14,21,27,33H,15-20,22H2,1-2H3. The van der Waals surface area contributed by atoms with E-state index in [1.165, 1.54) is 12.5 Å². The van der Waals surface area contributed by atoms with Crippen molar-refractivity contribution in [3.05, 3.63) is 101 Å². The average Bonchev–Trinajstić information content (AvgIpc) is 3.26. The quantitative estimate of drug-likeness (QED) is 0.243. The summed E-state index contributed by atoms with van der Waals surface area (Å²) in [6.45, 7) is 6.85. The third kappa shape index (κ3) is 5.97. The molecule has 0 unspecified atom stereocenters. The first-order chi connectivity index (χ1) is 18.5. The van der Waals surface area contributed by atoms with Crippen LogP contribution in [0, 0.1) is 6.92 Å². The van der Waals surface area contributed by atoms with Crippen molar-refractivity contribution in [2.45, 2.75) is 45.7 Å². The summed E-state index contributed by atoms with van der Waals surface area (Å²) in [7, 11) is 0. The van der Waals surface area contributed by atoms with Gasteiger partial charge in [0, 0.05) is 55.7 Å². The highest BCUT2D eigenvalue weighted by Crippen LogP contribution is 2.30. The normalized spacial score (nSPS) is 14.5. The van der Waals surface area contributed by atoms with Crippen LogP contribution in [0.4, 0.5) is 0 Å². The molecule has 1 fully saturated rings. The van der Waals surface area contributed by atoms with Crippen molar-refractivity contribution in [1.29, 1.82) is 0 Å². The minimum atomic E-state index is -0.380. The number of H-pyrrole nitrogens is 1. The lowest BCUT2D eigenvalue weighted by atomic mass is 9.99. The van der Waals surface area contributed by atoms with Gasteiger partial charge in [0.05, 0.1) is 5.56 Å². The molecule has 38 heavy (non-hydrogen) atoms. The van der Waals surface area contributed by atoms with E-state index in [-0.39, 0.29) is 17.9 Å². The summed E-state index contributed by atoms with van der Waals surface area (Å²) in [6, 6.07) is 26.4. The number of esters is 1. The zero-order chi connectivity index (χ0) is 26.5. The van der Waals surface area contributed by atoms with Crippen molar-refractivity contribution in [3.63, 3.8) is 0 Å². The van der Waals surface area contributed by atoms with Gasteiger partial charge in [-0.2, -0.15) is 0 Å². The number of likely N-dealkylation sites (tertiary alicyclic amines) is 1. The van der Waals surface area contributed by atoms with Crippen molar-refractivity contribution < 1.29 is 14.3 Å². The Balaban J connectivity index is 1.37. The largest absolute Gasteiger partial charge is 0.427 e. The number of ether oxygens (including phenoxy) is 1. The maximum atomic E-state index is 14.3. The Bertz CT molecular complexity index is 1390. The second-order valence-corrected chi connectivity index (χ2v) is 10.2. The van der Waals surface area contributed by atoms with E-state index in [1.54, 1.807) is 12.1 Å². The number of aromatic nitrogens is 1. The van der Waals surface area contributed by atoms with Crippen LogP contribution in [-0.4, -0.2) is 52.3 Å². The number of carbonyl (C=O) groups excluding carboxylic acids is 2. The lowest BCUT2D eigenvalue weighted by Crippen LogP contribution is -2.47. The average molecular weight is 510 g/mol. The number of fused-ring (bicyclic) bond motifs is 1. The topological polar surface area (TPSA) is 65.6 Å². The fourth-order valence-corrected chi connectivity index (χ4v) is 5.49. The predicted octanol–water partition coefficient (Wildman–Crippen LogP) is 5.75. The summed E-state index contributed by atoms with van der Waals surface area (Å²) < 4.78 is 5.32. The Morgan fingerprint density at radius 1 is 0.947 bits per heavy atom. The molecule has 1 amide bonds. The van der Waals surface area contributed by atoms with Crippen LogP contribution in [-0.2, 0) is 17.8 Å². The maximum Gasteiger partial charge on any atom is 0.308 e. The van der Waals surface area contributed by atoms with Crippen LogP contribution in [0.15, 0.2) is 78.9 Å². The van der Waals surface area contributed by atoms with E-state index in [2.05, 4.69) is 57.2 Å². The first-order valence-corrected chi connectivity index (χ1v) is 13.4.